The van der Waals surface area contributed by atoms with Crippen molar-refractivity contribution >= 4 is 23.0 Å². The second-order valence-electron chi connectivity index (χ2n) is 4.85. The zero-order chi connectivity index (χ0) is 17.9. The Kier molecular flexibility index (Phi) is 5.21. The topological polar surface area (TPSA) is 100.0 Å². The fourth-order valence-corrected chi connectivity index (χ4v) is 2.43. The van der Waals surface area contributed by atoms with Crippen molar-refractivity contribution in [3.63, 3.8) is 0 Å². The number of benzene rings is 1. The highest BCUT2D eigenvalue weighted by Gasteiger charge is 2.18. The molecule has 0 radical (unpaired) electrons. The van der Waals surface area contributed by atoms with Crippen molar-refractivity contribution in [3.8, 4) is 17.7 Å². The fraction of sp³-hybridized carbons (Fsp3) is 0.250. The number of aromatic nitrogens is 1. The molecule has 0 aliphatic rings. The van der Waals surface area contributed by atoms with Crippen LogP contribution in [0, 0.1) is 18.3 Å². The van der Waals surface area contributed by atoms with E-state index in [4.69, 9.17) is 16.3 Å². The highest BCUT2D eigenvalue weighted by Crippen LogP contribution is 2.30. The van der Waals surface area contributed by atoms with E-state index in [1.54, 1.807) is 25.1 Å². The van der Waals surface area contributed by atoms with E-state index in [0.29, 0.717) is 16.5 Å². The van der Waals surface area contributed by atoms with Crippen LogP contribution in [0.4, 0.5) is 11.4 Å². The molecule has 2 aromatic rings. The van der Waals surface area contributed by atoms with Gasteiger partial charge in [0.25, 0.3) is 5.56 Å². The number of hydrogen-bond donors (Lipinski definition) is 1. The van der Waals surface area contributed by atoms with E-state index in [9.17, 15) is 15.2 Å². The number of nitrogens with zero attached hydrogens (tertiary/aromatic N) is 4. The number of azo groups is 1. The lowest BCUT2D eigenvalue weighted by atomic mass is 10.1. The number of hydrogen-bond acceptors (Lipinski definition) is 6. The van der Waals surface area contributed by atoms with Crippen LogP contribution in [0.3, 0.4) is 0 Å². The third-order valence-electron chi connectivity index (χ3n) is 3.49. The Morgan fingerprint density at radius 2 is 2.12 bits per heavy atom. The van der Waals surface area contributed by atoms with Crippen molar-refractivity contribution in [2.75, 3.05) is 7.11 Å². The largest absolute Gasteiger partial charge is 0.495 e. The lowest BCUT2D eigenvalue weighted by Gasteiger charge is -2.10. The van der Waals surface area contributed by atoms with Crippen LogP contribution in [0.25, 0.3) is 0 Å². The minimum atomic E-state index is -0.519. The maximum atomic E-state index is 12.4. The summed E-state index contributed by atoms with van der Waals surface area (Å²) in [5.74, 6) is 0.130. The van der Waals surface area contributed by atoms with Crippen molar-refractivity contribution in [2.24, 2.45) is 10.2 Å². The first-order chi connectivity index (χ1) is 11.4. The van der Waals surface area contributed by atoms with Gasteiger partial charge in [-0.25, -0.2) is 0 Å². The van der Waals surface area contributed by atoms with Gasteiger partial charge in [0.1, 0.15) is 17.4 Å². The molecule has 8 heteroatoms. The molecule has 0 fully saturated rings. The molecule has 1 N–H and O–H groups in total. The van der Waals surface area contributed by atoms with Crippen LogP contribution in [0.1, 0.15) is 18.1 Å². The van der Waals surface area contributed by atoms with Crippen molar-refractivity contribution in [2.45, 2.75) is 20.4 Å². The van der Waals surface area contributed by atoms with Gasteiger partial charge in [0.05, 0.1) is 17.8 Å². The first-order valence-corrected chi connectivity index (χ1v) is 7.44. The van der Waals surface area contributed by atoms with Gasteiger partial charge in [0.15, 0.2) is 5.69 Å². The molecule has 0 saturated carbocycles. The van der Waals surface area contributed by atoms with Crippen molar-refractivity contribution < 1.29 is 9.84 Å². The monoisotopic (exact) mass is 346 g/mol. The first kappa shape index (κ1) is 17.5. The van der Waals surface area contributed by atoms with Crippen LogP contribution < -0.4 is 10.3 Å². The van der Waals surface area contributed by atoms with Crippen molar-refractivity contribution in [3.05, 3.63) is 44.7 Å². The van der Waals surface area contributed by atoms with Gasteiger partial charge in [-0.3, -0.25) is 9.36 Å². The third kappa shape index (κ3) is 3.09. The quantitative estimate of drug-likeness (QED) is 0.850. The normalized spacial score (nSPS) is 10.8. The molecular formula is C16H15ClN4O3. The lowest BCUT2D eigenvalue weighted by molar-refractivity contribution is 0.409. The molecule has 0 amide bonds. The summed E-state index contributed by atoms with van der Waals surface area (Å²) < 4.78 is 6.12. The molecule has 0 spiro atoms. The zero-order valence-electron chi connectivity index (χ0n) is 13.4. The number of aromatic hydroxyl groups is 1. The number of nitriles is 1. The SMILES string of the molecule is CCn1c(O)c(C#N)c(C)c(N=Nc2ccc(OC)c(Cl)c2)c1=O. The van der Waals surface area contributed by atoms with Gasteiger partial charge in [0.2, 0.25) is 5.88 Å². The second kappa shape index (κ2) is 7.15. The van der Waals surface area contributed by atoms with Crippen LogP contribution in [-0.4, -0.2) is 16.8 Å². The molecule has 1 aromatic heterocycles. The van der Waals surface area contributed by atoms with E-state index < -0.39 is 5.56 Å². The Hall–Kier alpha value is -2.85. The van der Waals surface area contributed by atoms with E-state index in [-0.39, 0.29) is 29.2 Å². The lowest BCUT2D eigenvalue weighted by Crippen LogP contribution is -2.20. The summed E-state index contributed by atoms with van der Waals surface area (Å²) >= 11 is 6.02. The van der Waals surface area contributed by atoms with Gasteiger partial charge >= 0.3 is 0 Å². The molecular weight excluding hydrogens is 332 g/mol. The number of methoxy groups -OCH3 is 1. The Labute approximate surface area is 143 Å². The fourth-order valence-electron chi connectivity index (χ4n) is 2.18. The molecule has 0 aliphatic carbocycles. The highest BCUT2D eigenvalue weighted by molar-refractivity contribution is 6.32. The second-order valence-corrected chi connectivity index (χ2v) is 5.26. The zero-order valence-corrected chi connectivity index (χ0v) is 14.1. The minimum absolute atomic E-state index is 0.00170. The minimum Gasteiger partial charge on any atom is -0.495 e. The Balaban J connectivity index is 2.56. The van der Waals surface area contributed by atoms with Crippen LogP contribution >= 0.6 is 11.6 Å². The van der Waals surface area contributed by atoms with Crippen molar-refractivity contribution in [1.29, 1.82) is 5.26 Å². The molecule has 7 nitrogen and oxygen atoms in total. The summed E-state index contributed by atoms with van der Waals surface area (Å²) in [5, 5.41) is 27.5. The highest BCUT2D eigenvalue weighted by atomic mass is 35.5. The van der Waals surface area contributed by atoms with Crippen LogP contribution in [-0.2, 0) is 6.54 Å². The standard InChI is InChI=1S/C16H15ClN4O3/c1-4-21-15(22)11(8-18)9(2)14(16(21)23)20-19-10-5-6-13(24-3)12(17)7-10/h5-7,22H,4H2,1-3H3. The first-order valence-electron chi connectivity index (χ1n) is 7.06. The average molecular weight is 347 g/mol. The molecule has 0 atom stereocenters. The van der Waals surface area contributed by atoms with Gasteiger partial charge in [-0.05, 0) is 32.0 Å². The van der Waals surface area contributed by atoms with Crippen LogP contribution in [0.2, 0.25) is 5.02 Å². The predicted molar refractivity (Wildman–Crippen MR) is 89.7 cm³/mol. The molecule has 0 saturated heterocycles. The maximum Gasteiger partial charge on any atom is 0.281 e. The summed E-state index contributed by atoms with van der Waals surface area (Å²) in [4.78, 5) is 12.4. The number of pyridine rings is 1. The Morgan fingerprint density at radius 1 is 1.42 bits per heavy atom. The maximum absolute atomic E-state index is 12.4. The summed E-state index contributed by atoms with van der Waals surface area (Å²) in [7, 11) is 1.50. The van der Waals surface area contributed by atoms with E-state index in [1.165, 1.54) is 14.0 Å². The van der Waals surface area contributed by atoms with Gasteiger partial charge < -0.3 is 9.84 Å². The molecule has 124 valence electrons. The summed E-state index contributed by atoms with van der Waals surface area (Å²) in [6, 6.07) is 6.69. The molecule has 1 heterocycles. The van der Waals surface area contributed by atoms with Crippen LogP contribution in [0.15, 0.2) is 33.2 Å². The third-order valence-corrected chi connectivity index (χ3v) is 3.78. The van der Waals surface area contributed by atoms with E-state index in [1.807, 2.05) is 6.07 Å². The smallest absolute Gasteiger partial charge is 0.281 e. The van der Waals surface area contributed by atoms with Gasteiger partial charge in [-0.2, -0.15) is 10.4 Å². The average Bonchev–Trinajstić information content (AvgIpc) is 2.55. The van der Waals surface area contributed by atoms with E-state index >= 15 is 0 Å². The van der Waals surface area contributed by atoms with E-state index in [0.717, 1.165) is 4.57 Å². The number of ether oxygens (including phenoxy) is 1. The molecule has 0 bridgehead atoms. The van der Waals surface area contributed by atoms with E-state index in [2.05, 4.69) is 10.2 Å². The number of halogens is 1. The molecule has 24 heavy (non-hydrogen) atoms. The summed E-state index contributed by atoms with van der Waals surface area (Å²) in [6.07, 6.45) is 0. The molecule has 1 aromatic carbocycles. The Morgan fingerprint density at radius 3 is 2.67 bits per heavy atom. The predicted octanol–water partition coefficient (Wildman–Crippen LogP) is 3.83. The van der Waals surface area contributed by atoms with Crippen LogP contribution in [0.5, 0.6) is 11.6 Å². The Bertz CT molecular complexity index is 913. The summed E-state index contributed by atoms with van der Waals surface area (Å²) in [6.45, 7) is 3.42. The summed E-state index contributed by atoms with van der Waals surface area (Å²) in [5.41, 5.74) is 0.174. The van der Waals surface area contributed by atoms with Gasteiger partial charge in [-0.1, -0.05) is 11.6 Å². The number of rotatable bonds is 4. The molecule has 0 aliphatic heterocycles. The van der Waals surface area contributed by atoms with Gasteiger partial charge in [-0.15, -0.1) is 5.11 Å². The van der Waals surface area contributed by atoms with Gasteiger partial charge in [0, 0.05) is 12.1 Å². The molecule has 2 rings (SSSR count). The molecule has 0 unspecified atom stereocenters. The van der Waals surface area contributed by atoms with Crippen molar-refractivity contribution in [1.82, 2.24) is 4.57 Å².